The van der Waals surface area contributed by atoms with Crippen LogP contribution in [-0.2, 0) is 16.0 Å². The van der Waals surface area contributed by atoms with Crippen LogP contribution >= 0.6 is 0 Å². The number of benzene rings is 2. The van der Waals surface area contributed by atoms with Gasteiger partial charge in [0.2, 0.25) is 5.91 Å². The molecule has 1 aromatic heterocycles. The molecular weight excluding hydrogens is 371 g/mol. The van der Waals surface area contributed by atoms with E-state index >= 15 is 0 Å². The number of hydrogen-bond donors (Lipinski definition) is 2. The van der Waals surface area contributed by atoms with Gasteiger partial charge >= 0.3 is 5.97 Å². The fourth-order valence-electron chi connectivity index (χ4n) is 4.06. The Morgan fingerprint density at radius 3 is 2.59 bits per heavy atom. The molecule has 1 aliphatic heterocycles. The molecule has 29 heavy (non-hydrogen) atoms. The Hall–Kier alpha value is -3.15. The molecular formula is C23H23FN2O3. The molecule has 1 amide bonds. The van der Waals surface area contributed by atoms with Gasteiger partial charge in [-0.2, -0.15) is 0 Å². The Bertz CT molecular complexity index is 1070. The number of aromatic nitrogens is 1. The summed E-state index contributed by atoms with van der Waals surface area (Å²) in [6.07, 6.45) is 1.30. The number of halogens is 1. The van der Waals surface area contributed by atoms with E-state index in [1.807, 2.05) is 24.3 Å². The number of aryl methyl sites for hydroxylation is 1. The minimum Gasteiger partial charge on any atom is -0.481 e. The van der Waals surface area contributed by atoms with E-state index in [9.17, 15) is 19.1 Å². The van der Waals surface area contributed by atoms with E-state index in [1.165, 1.54) is 12.1 Å². The van der Waals surface area contributed by atoms with Crippen molar-refractivity contribution < 1.29 is 19.1 Å². The summed E-state index contributed by atoms with van der Waals surface area (Å²) in [7, 11) is 0. The number of H-pyrrole nitrogens is 1. The molecule has 0 spiro atoms. The number of amides is 1. The number of carbonyl (C=O) groups excluding carboxylic acids is 1. The van der Waals surface area contributed by atoms with Gasteiger partial charge in [0.15, 0.2) is 0 Å². The number of carbonyl (C=O) groups is 2. The first-order chi connectivity index (χ1) is 13.9. The Morgan fingerprint density at radius 1 is 1.17 bits per heavy atom. The van der Waals surface area contributed by atoms with Crippen molar-refractivity contribution in [3.63, 3.8) is 0 Å². The van der Waals surface area contributed by atoms with E-state index < -0.39 is 11.4 Å². The average Bonchev–Trinajstić information content (AvgIpc) is 3.29. The fourth-order valence-corrected chi connectivity index (χ4v) is 4.06. The van der Waals surface area contributed by atoms with Gasteiger partial charge in [-0.3, -0.25) is 9.59 Å². The fraction of sp³-hybridized carbons (Fsp3) is 0.304. The van der Waals surface area contributed by atoms with E-state index in [0.717, 1.165) is 27.7 Å². The van der Waals surface area contributed by atoms with Crippen molar-refractivity contribution in [3.8, 4) is 11.3 Å². The number of aromatic amines is 1. The van der Waals surface area contributed by atoms with Crippen molar-refractivity contribution in [2.45, 2.75) is 26.2 Å². The van der Waals surface area contributed by atoms with Gasteiger partial charge in [0, 0.05) is 36.1 Å². The van der Waals surface area contributed by atoms with Crippen LogP contribution in [0.3, 0.4) is 0 Å². The molecule has 1 unspecified atom stereocenters. The van der Waals surface area contributed by atoms with Crippen LogP contribution in [-0.4, -0.2) is 40.0 Å². The van der Waals surface area contributed by atoms with E-state index in [1.54, 1.807) is 24.0 Å². The number of nitrogens with zero attached hydrogens (tertiary/aromatic N) is 1. The predicted octanol–water partition coefficient (Wildman–Crippen LogP) is 4.23. The lowest BCUT2D eigenvalue weighted by atomic mass is 9.90. The minimum absolute atomic E-state index is 0.0367. The number of carboxylic acids is 1. The van der Waals surface area contributed by atoms with Gasteiger partial charge in [-0.15, -0.1) is 0 Å². The number of para-hydroxylation sites is 1. The van der Waals surface area contributed by atoms with Gasteiger partial charge in [0.05, 0.1) is 5.41 Å². The predicted molar refractivity (Wildman–Crippen MR) is 109 cm³/mol. The normalized spacial score (nSPS) is 19.0. The van der Waals surface area contributed by atoms with E-state index in [2.05, 4.69) is 4.98 Å². The highest BCUT2D eigenvalue weighted by Gasteiger charge is 2.41. The van der Waals surface area contributed by atoms with Crippen molar-refractivity contribution in [2.24, 2.45) is 5.41 Å². The molecule has 4 rings (SSSR count). The van der Waals surface area contributed by atoms with E-state index in [-0.39, 0.29) is 18.3 Å². The summed E-state index contributed by atoms with van der Waals surface area (Å²) in [6, 6.07) is 14.2. The van der Waals surface area contributed by atoms with Crippen LogP contribution in [0.5, 0.6) is 0 Å². The molecule has 1 atom stereocenters. The van der Waals surface area contributed by atoms with Crippen LogP contribution in [0.15, 0.2) is 48.5 Å². The number of rotatable bonds is 5. The van der Waals surface area contributed by atoms with Crippen molar-refractivity contribution in [3.05, 3.63) is 59.9 Å². The molecule has 3 aromatic rings. The molecule has 6 heteroatoms. The highest BCUT2D eigenvalue weighted by molar-refractivity contribution is 5.91. The zero-order valence-corrected chi connectivity index (χ0v) is 16.2. The molecule has 0 saturated carbocycles. The monoisotopic (exact) mass is 394 g/mol. The third kappa shape index (κ3) is 3.62. The maximum absolute atomic E-state index is 13.4. The molecule has 1 saturated heterocycles. The Kier molecular flexibility index (Phi) is 4.86. The molecule has 1 aliphatic rings. The summed E-state index contributed by atoms with van der Waals surface area (Å²) in [6.45, 7) is 2.41. The lowest BCUT2D eigenvalue weighted by Gasteiger charge is -2.20. The summed E-state index contributed by atoms with van der Waals surface area (Å²) in [5.74, 6) is -1.19. The van der Waals surface area contributed by atoms with Gasteiger partial charge in [-0.05, 0) is 61.2 Å². The highest BCUT2D eigenvalue weighted by Crippen LogP contribution is 2.33. The molecule has 150 valence electrons. The van der Waals surface area contributed by atoms with Crippen LogP contribution < -0.4 is 0 Å². The van der Waals surface area contributed by atoms with Gasteiger partial charge in [-0.25, -0.2) is 4.39 Å². The molecule has 0 radical (unpaired) electrons. The lowest BCUT2D eigenvalue weighted by molar-refractivity contribution is -0.147. The second-order valence-corrected chi connectivity index (χ2v) is 7.96. The lowest BCUT2D eigenvalue weighted by Crippen LogP contribution is -2.34. The van der Waals surface area contributed by atoms with Crippen LogP contribution in [0.2, 0.25) is 0 Å². The third-order valence-electron chi connectivity index (χ3n) is 5.88. The van der Waals surface area contributed by atoms with Crippen LogP contribution in [0.4, 0.5) is 4.39 Å². The standard InChI is InChI=1S/C23H23FN2O3/c1-23(22(28)29)12-13-26(14-23)20(27)11-10-18-17-4-2-3-5-19(17)25-21(18)15-6-8-16(24)9-7-15/h2-9,25H,10-14H2,1H3,(H,28,29). The third-order valence-corrected chi connectivity index (χ3v) is 5.88. The second-order valence-electron chi connectivity index (χ2n) is 7.96. The molecule has 5 nitrogen and oxygen atoms in total. The van der Waals surface area contributed by atoms with Crippen molar-refractivity contribution in [1.29, 1.82) is 0 Å². The maximum Gasteiger partial charge on any atom is 0.311 e. The molecule has 2 heterocycles. The smallest absolute Gasteiger partial charge is 0.311 e. The number of fused-ring (bicyclic) bond motifs is 1. The number of likely N-dealkylation sites (tertiary alicyclic amines) is 1. The number of carboxylic acid groups (broad SMARTS) is 1. The summed E-state index contributed by atoms with van der Waals surface area (Å²) >= 11 is 0. The van der Waals surface area contributed by atoms with Crippen LogP contribution in [0.25, 0.3) is 22.2 Å². The van der Waals surface area contributed by atoms with Crippen molar-refractivity contribution >= 4 is 22.8 Å². The Morgan fingerprint density at radius 2 is 1.90 bits per heavy atom. The van der Waals surface area contributed by atoms with E-state index in [4.69, 9.17) is 0 Å². The summed E-state index contributed by atoms with van der Waals surface area (Å²) in [5, 5.41) is 10.4. The Labute approximate surface area is 168 Å². The first kappa shape index (κ1) is 19.2. The number of nitrogens with one attached hydrogen (secondary N) is 1. The molecule has 2 N–H and O–H groups in total. The van der Waals surface area contributed by atoms with Gasteiger partial charge in [0.1, 0.15) is 5.82 Å². The summed E-state index contributed by atoms with van der Waals surface area (Å²) in [4.78, 5) is 29.2. The van der Waals surface area contributed by atoms with Crippen molar-refractivity contribution in [2.75, 3.05) is 13.1 Å². The minimum atomic E-state index is -0.865. The molecule has 1 fully saturated rings. The highest BCUT2D eigenvalue weighted by atomic mass is 19.1. The van der Waals surface area contributed by atoms with Crippen LogP contribution in [0, 0.1) is 11.2 Å². The topological polar surface area (TPSA) is 73.4 Å². The first-order valence-corrected chi connectivity index (χ1v) is 9.74. The zero-order valence-electron chi connectivity index (χ0n) is 16.2. The zero-order chi connectivity index (χ0) is 20.6. The SMILES string of the molecule is CC1(C(=O)O)CCN(C(=O)CCc2c(-c3ccc(F)cc3)[nH]c3ccccc23)C1. The van der Waals surface area contributed by atoms with Gasteiger partial charge < -0.3 is 15.0 Å². The summed E-state index contributed by atoms with van der Waals surface area (Å²) < 4.78 is 13.4. The summed E-state index contributed by atoms with van der Waals surface area (Å²) in [5.41, 5.74) is 2.87. The maximum atomic E-state index is 13.4. The van der Waals surface area contributed by atoms with Crippen molar-refractivity contribution in [1.82, 2.24) is 9.88 Å². The van der Waals surface area contributed by atoms with Gasteiger partial charge in [0.25, 0.3) is 0 Å². The molecule has 0 aliphatic carbocycles. The second kappa shape index (κ2) is 7.35. The van der Waals surface area contributed by atoms with Gasteiger partial charge in [-0.1, -0.05) is 18.2 Å². The largest absolute Gasteiger partial charge is 0.481 e. The Balaban J connectivity index is 1.58. The van der Waals surface area contributed by atoms with E-state index in [0.29, 0.717) is 25.8 Å². The average molecular weight is 394 g/mol. The first-order valence-electron chi connectivity index (χ1n) is 9.74. The number of aliphatic carboxylic acids is 1. The molecule has 0 bridgehead atoms. The molecule has 2 aromatic carbocycles. The quantitative estimate of drug-likeness (QED) is 0.680. The van der Waals surface area contributed by atoms with Crippen LogP contribution in [0.1, 0.15) is 25.3 Å². The number of hydrogen-bond acceptors (Lipinski definition) is 2.